The minimum absolute atomic E-state index is 0.00622. The first kappa shape index (κ1) is 24.9. The molecule has 1 aromatic heterocycles. The molecule has 7 heteroatoms. The Morgan fingerprint density at radius 2 is 2.11 bits per heavy atom. The highest BCUT2D eigenvalue weighted by Gasteiger charge is 2.31. The molecule has 0 atom stereocenters. The van der Waals surface area contributed by atoms with E-state index < -0.39 is 5.97 Å². The number of aromatic nitrogens is 1. The summed E-state index contributed by atoms with van der Waals surface area (Å²) in [6.07, 6.45) is 4.85. The molecule has 0 saturated carbocycles. The summed E-state index contributed by atoms with van der Waals surface area (Å²) in [4.78, 5) is 19.0. The van der Waals surface area contributed by atoms with Crippen molar-refractivity contribution in [3.05, 3.63) is 59.3 Å². The van der Waals surface area contributed by atoms with Gasteiger partial charge < -0.3 is 14.7 Å². The van der Waals surface area contributed by atoms with Gasteiger partial charge in [0.15, 0.2) is 0 Å². The third-order valence-electron chi connectivity index (χ3n) is 6.33. The fraction of sp³-hybridized carbons (Fsp3) is 0.393. The van der Waals surface area contributed by atoms with Crippen molar-refractivity contribution in [3.8, 4) is 32.8 Å². The predicted molar refractivity (Wildman–Crippen MR) is 139 cm³/mol. The summed E-state index contributed by atoms with van der Waals surface area (Å²) in [5.74, 6) is -0.288. The van der Waals surface area contributed by atoms with Crippen molar-refractivity contribution in [2.24, 2.45) is 5.92 Å². The Hall–Kier alpha value is -3.21. The predicted octanol–water partition coefficient (Wildman–Crippen LogP) is 5.65. The number of aliphatic carboxylic acids is 1. The fourth-order valence-corrected chi connectivity index (χ4v) is 5.52. The molecule has 0 spiro atoms. The molecule has 2 aromatic carbocycles. The molecule has 0 aliphatic carbocycles. The van der Waals surface area contributed by atoms with E-state index in [0.29, 0.717) is 24.4 Å². The molecule has 2 heterocycles. The maximum Gasteiger partial charge on any atom is 0.309 e. The Bertz CT molecular complexity index is 1240. The van der Waals surface area contributed by atoms with Crippen molar-refractivity contribution < 1.29 is 14.6 Å². The zero-order valence-electron chi connectivity index (χ0n) is 20.5. The van der Waals surface area contributed by atoms with E-state index in [9.17, 15) is 10.1 Å². The summed E-state index contributed by atoms with van der Waals surface area (Å²) in [5.41, 5.74) is 5.33. The van der Waals surface area contributed by atoms with Gasteiger partial charge in [0.2, 0.25) is 0 Å². The molecule has 1 N–H and O–H groups in total. The van der Waals surface area contributed by atoms with Gasteiger partial charge in [0, 0.05) is 24.8 Å². The first-order chi connectivity index (χ1) is 16.9. The molecular formula is C28H31N3O3S. The van der Waals surface area contributed by atoms with Crippen LogP contribution in [0.5, 0.6) is 5.75 Å². The van der Waals surface area contributed by atoms with Crippen LogP contribution in [0.1, 0.15) is 43.9 Å². The molecule has 4 rings (SSSR count). The maximum absolute atomic E-state index is 11.0. The van der Waals surface area contributed by atoms with Crippen LogP contribution in [0.2, 0.25) is 0 Å². The standard InChI is InChI=1S/C28H31N3O3S/c1-4-23-19(8-6-12-31-16-22(17-31)28(32)33)7-5-9-24(23)26-15-30-27(35-26)20-10-11-25(34-18(2)3)21(13-20)14-29/h5,7,9-11,13,15,18,22H,4,6,8,12,16-17H2,1-3H3,(H,32,33). The third-order valence-corrected chi connectivity index (χ3v) is 7.41. The fourth-order valence-electron chi connectivity index (χ4n) is 4.56. The van der Waals surface area contributed by atoms with E-state index in [1.54, 1.807) is 11.3 Å². The van der Waals surface area contributed by atoms with Crippen molar-refractivity contribution in [3.63, 3.8) is 0 Å². The van der Waals surface area contributed by atoms with Gasteiger partial charge >= 0.3 is 5.97 Å². The molecule has 1 aliphatic heterocycles. The number of ether oxygens (including phenoxy) is 1. The van der Waals surface area contributed by atoms with Gasteiger partial charge in [-0.2, -0.15) is 5.26 Å². The quantitative estimate of drug-likeness (QED) is 0.396. The van der Waals surface area contributed by atoms with Gasteiger partial charge in [0.1, 0.15) is 16.8 Å². The molecular weight excluding hydrogens is 458 g/mol. The number of carboxylic acid groups (broad SMARTS) is 1. The Labute approximate surface area is 210 Å². The molecule has 1 aliphatic rings. The number of aryl methyl sites for hydroxylation is 1. The Morgan fingerprint density at radius 1 is 1.31 bits per heavy atom. The van der Waals surface area contributed by atoms with Crippen LogP contribution in [-0.2, 0) is 17.6 Å². The number of nitrogens with zero attached hydrogens (tertiary/aromatic N) is 3. The Balaban J connectivity index is 1.49. The molecule has 1 fully saturated rings. The maximum atomic E-state index is 11.0. The summed E-state index contributed by atoms with van der Waals surface area (Å²) in [6, 6.07) is 14.4. The van der Waals surface area contributed by atoms with Crippen molar-refractivity contribution in [2.75, 3.05) is 19.6 Å². The molecule has 1 saturated heterocycles. The van der Waals surface area contributed by atoms with E-state index in [4.69, 9.17) is 9.84 Å². The molecule has 6 nitrogen and oxygen atoms in total. The van der Waals surface area contributed by atoms with E-state index in [2.05, 4.69) is 41.1 Å². The van der Waals surface area contributed by atoms with Crippen LogP contribution in [0, 0.1) is 17.2 Å². The van der Waals surface area contributed by atoms with E-state index >= 15 is 0 Å². The summed E-state index contributed by atoms with van der Waals surface area (Å²) >= 11 is 1.64. The smallest absolute Gasteiger partial charge is 0.309 e. The van der Waals surface area contributed by atoms with Crippen LogP contribution in [0.4, 0.5) is 0 Å². The lowest BCUT2D eigenvalue weighted by Crippen LogP contribution is -2.50. The van der Waals surface area contributed by atoms with Gasteiger partial charge in [-0.3, -0.25) is 4.79 Å². The molecule has 182 valence electrons. The van der Waals surface area contributed by atoms with E-state index in [0.717, 1.165) is 41.3 Å². The zero-order chi connectivity index (χ0) is 24.9. The number of hydrogen-bond donors (Lipinski definition) is 1. The molecule has 0 unspecified atom stereocenters. The van der Waals surface area contributed by atoms with Crippen molar-refractivity contribution in [1.82, 2.24) is 9.88 Å². The zero-order valence-corrected chi connectivity index (χ0v) is 21.3. The van der Waals surface area contributed by atoms with Crippen molar-refractivity contribution in [2.45, 2.75) is 46.1 Å². The average Bonchev–Trinajstić information content (AvgIpc) is 3.30. The SMILES string of the molecule is CCc1c(CCCN2CC(C(=O)O)C2)cccc1-c1cnc(-c2ccc(OC(C)C)c(C#N)c2)s1. The van der Waals surface area contributed by atoms with Gasteiger partial charge in [-0.15, -0.1) is 11.3 Å². The lowest BCUT2D eigenvalue weighted by molar-refractivity contribution is -0.147. The minimum atomic E-state index is -0.685. The average molecular weight is 490 g/mol. The second-order valence-electron chi connectivity index (χ2n) is 9.21. The van der Waals surface area contributed by atoms with Gasteiger partial charge in [-0.25, -0.2) is 4.98 Å². The largest absolute Gasteiger partial charge is 0.490 e. The molecule has 0 bridgehead atoms. The van der Waals surface area contributed by atoms with Crippen LogP contribution >= 0.6 is 11.3 Å². The van der Waals surface area contributed by atoms with Crippen molar-refractivity contribution in [1.29, 1.82) is 5.26 Å². The van der Waals surface area contributed by atoms with Crippen LogP contribution in [0.15, 0.2) is 42.6 Å². The molecule has 35 heavy (non-hydrogen) atoms. The molecule has 0 amide bonds. The van der Waals surface area contributed by atoms with Gasteiger partial charge in [-0.05, 0) is 74.5 Å². The highest BCUT2D eigenvalue weighted by molar-refractivity contribution is 7.18. The number of hydrogen-bond acceptors (Lipinski definition) is 6. The number of benzene rings is 2. The Kier molecular flexibility index (Phi) is 7.84. The highest BCUT2D eigenvalue weighted by Crippen LogP contribution is 2.36. The minimum Gasteiger partial charge on any atom is -0.490 e. The normalized spacial score (nSPS) is 14.0. The van der Waals surface area contributed by atoms with E-state index in [-0.39, 0.29) is 12.0 Å². The number of nitriles is 1. The van der Waals surface area contributed by atoms with Gasteiger partial charge in [0.25, 0.3) is 0 Å². The van der Waals surface area contributed by atoms with Crippen LogP contribution in [-0.4, -0.2) is 46.7 Å². The third kappa shape index (κ3) is 5.72. The molecule has 0 radical (unpaired) electrons. The second-order valence-corrected chi connectivity index (χ2v) is 10.2. The van der Waals surface area contributed by atoms with Crippen LogP contribution < -0.4 is 4.74 Å². The topological polar surface area (TPSA) is 86.5 Å². The lowest BCUT2D eigenvalue weighted by Gasteiger charge is -2.36. The number of thiazole rings is 1. The summed E-state index contributed by atoms with van der Waals surface area (Å²) in [5, 5.41) is 19.5. The van der Waals surface area contributed by atoms with E-state index in [1.807, 2.05) is 38.2 Å². The first-order valence-electron chi connectivity index (χ1n) is 12.1. The number of rotatable bonds is 10. The Morgan fingerprint density at radius 3 is 2.80 bits per heavy atom. The first-order valence-corrected chi connectivity index (χ1v) is 12.9. The summed E-state index contributed by atoms with van der Waals surface area (Å²) < 4.78 is 5.75. The summed E-state index contributed by atoms with van der Waals surface area (Å²) in [6.45, 7) is 8.33. The van der Waals surface area contributed by atoms with Gasteiger partial charge in [0.05, 0.1) is 22.5 Å². The lowest BCUT2D eigenvalue weighted by atomic mass is 9.94. The summed E-state index contributed by atoms with van der Waals surface area (Å²) in [7, 11) is 0. The highest BCUT2D eigenvalue weighted by atomic mass is 32.1. The van der Waals surface area contributed by atoms with Crippen molar-refractivity contribution >= 4 is 17.3 Å². The monoisotopic (exact) mass is 489 g/mol. The van der Waals surface area contributed by atoms with Gasteiger partial charge in [-0.1, -0.05) is 25.1 Å². The second kappa shape index (κ2) is 11.0. The number of likely N-dealkylation sites (tertiary alicyclic amines) is 1. The van der Waals surface area contributed by atoms with Crippen LogP contribution in [0.25, 0.3) is 21.0 Å². The van der Waals surface area contributed by atoms with Crippen LogP contribution in [0.3, 0.4) is 0 Å². The molecule has 3 aromatic rings. The number of carbonyl (C=O) groups is 1. The van der Waals surface area contributed by atoms with E-state index in [1.165, 1.54) is 16.7 Å². The number of carboxylic acids is 1.